The van der Waals surface area contributed by atoms with Crippen molar-refractivity contribution in [3.05, 3.63) is 59.7 Å². The minimum atomic E-state index is -3.52. The Morgan fingerprint density at radius 1 is 0.929 bits per heavy atom. The number of carbonyl (C=O) groups excluding carboxylic acids is 1. The molecule has 4 rings (SSSR count). The van der Waals surface area contributed by atoms with Crippen LogP contribution in [0.4, 0.5) is 5.69 Å². The lowest BCUT2D eigenvalue weighted by Crippen LogP contribution is -2.48. The largest absolute Gasteiger partial charge is 0.308 e. The molecule has 1 fully saturated rings. The van der Waals surface area contributed by atoms with Crippen LogP contribution < -0.4 is 4.90 Å². The van der Waals surface area contributed by atoms with E-state index in [0.29, 0.717) is 25.2 Å². The van der Waals surface area contributed by atoms with Crippen LogP contribution in [0.25, 0.3) is 0 Å². The van der Waals surface area contributed by atoms with Gasteiger partial charge in [0.15, 0.2) is 0 Å². The van der Waals surface area contributed by atoms with Gasteiger partial charge in [-0.15, -0.1) is 0 Å². The van der Waals surface area contributed by atoms with E-state index in [4.69, 9.17) is 0 Å². The van der Waals surface area contributed by atoms with Crippen molar-refractivity contribution in [1.29, 1.82) is 0 Å². The molecule has 0 saturated carbocycles. The Morgan fingerprint density at radius 3 is 2.29 bits per heavy atom. The molecule has 148 valence electrons. The summed E-state index contributed by atoms with van der Waals surface area (Å²) in [5.41, 5.74) is 2.62. The van der Waals surface area contributed by atoms with Crippen LogP contribution in [0.3, 0.4) is 0 Å². The van der Waals surface area contributed by atoms with Crippen molar-refractivity contribution in [2.45, 2.75) is 18.2 Å². The first-order valence-electron chi connectivity index (χ1n) is 9.73. The molecule has 0 aliphatic carbocycles. The molecule has 0 spiro atoms. The molecule has 1 saturated heterocycles. The van der Waals surface area contributed by atoms with Gasteiger partial charge < -0.3 is 9.80 Å². The Bertz CT molecular complexity index is 965. The van der Waals surface area contributed by atoms with Crippen molar-refractivity contribution in [3.63, 3.8) is 0 Å². The Balaban J connectivity index is 1.50. The predicted octanol–water partition coefficient (Wildman–Crippen LogP) is 2.22. The fraction of sp³-hybridized carbons (Fsp3) is 0.381. The molecule has 2 aromatic carbocycles. The Kier molecular flexibility index (Phi) is 5.23. The van der Waals surface area contributed by atoms with Gasteiger partial charge in [0.1, 0.15) is 0 Å². The molecule has 2 heterocycles. The van der Waals surface area contributed by atoms with Crippen molar-refractivity contribution in [2.24, 2.45) is 0 Å². The van der Waals surface area contributed by atoms with Crippen LogP contribution >= 0.6 is 0 Å². The topological polar surface area (TPSA) is 60.9 Å². The number of piperazine rings is 1. The summed E-state index contributed by atoms with van der Waals surface area (Å²) in [5, 5.41) is 0. The van der Waals surface area contributed by atoms with Crippen LogP contribution in [0.5, 0.6) is 0 Å². The highest BCUT2D eigenvalue weighted by molar-refractivity contribution is 7.89. The van der Waals surface area contributed by atoms with Crippen LogP contribution in [0, 0.1) is 0 Å². The number of amides is 1. The molecule has 6 nitrogen and oxygen atoms in total. The summed E-state index contributed by atoms with van der Waals surface area (Å²) in [4.78, 5) is 17.2. The quantitative estimate of drug-likeness (QED) is 0.791. The number of fused-ring (bicyclic) bond motifs is 1. The van der Waals surface area contributed by atoms with Gasteiger partial charge >= 0.3 is 0 Å². The molecule has 28 heavy (non-hydrogen) atoms. The lowest BCUT2D eigenvalue weighted by Gasteiger charge is -2.33. The summed E-state index contributed by atoms with van der Waals surface area (Å²) in [6.07, 6.45) is 0.845. The number of para-hydroxylation sites is 1. The molecule has 0 atom stereocenters. The number of nitrogens with zero attached hydrogens (tertiary/aromatic N) is 3. The maximum Gasteiger partial charge on any atom is 0.258 e. The van der Waals surface area contributed by atoms with Gasteiger partial charge in [-0.25, -0.2) is 8.42 Å². The second-order valence-electron chi connectivity index (χ2n) is 7.20. The number of sulfonamides is 1. The van der Waals surface area contributed by atoms with Crippen molar-refractivity contribution in [1.82, 2.24) is 9.21 Å². The van der Waals surface area contributed by atoms with E-state index < -0.39 is 10.0 Å². The maximum absolute atomic E-state index is 12.9. The van der Waals surface area contributed by atoms with Gasteiger partial charge in [-0.3, -0.25) is 4.79 Å². The number of carbonyl (C=O) groups is 1. The fourth-order valence-electron chi connectivity index (χ4n) is 3.91. The smallest absolute Gasteiger partial charge is 0.258 e. The second-order valence-corrected chi connectivity index (χ2v) is 9.14. The van der Waals surface area contributed by atoms with Gasteiger partial charge in [0, 0.05) is 44.0 Å². The van der Waals surface area contributed by atoms with E-state index in [9.17, 15) is 13.2 Å². The highest BCUT2D eigenvalue weighted by Gasteiger charge is 2.29. The highest BCUT2D eigenvalue weighted by Crippen LogP contribution is 2.29. The molecule has 0 aromatic heterocycles. The van der Waals surface area contributed by atoms with Crippen LogP contribution in [0.2, 0.25) is 0 Å². The van der Waals surface area contributed by atoms with Gasteiger partial charge in [-0.2, -0.15) is 4.31 Å². The molecule has 2 aromatic rings. The molecule has 1 amide bonds. The van der Waals surface area contributed by atoms with Crippen molar-refractivity contribution in [3.8, 4) is 0 Å². The van der Waals surface area contributed by atoms with Gasteiger partial charge in [-0.1, -0.05) is 25.1 Å². The summed E-state index contributed by atoms with van der Waals surface area (Å²) in [6, 6.07) is 14.3. The second kappa shape index (κ2) is 7.66. The molecule has 0 unspecified atom stereocenters. The first-order valence-corrected chi connectivity index (χ1v) is 11.2. The van der Waals surface area contributed by atoms with Crippen LogP contribution in [-0.2, 0) is 16.4 Å². The average Bonchev–Trinajstić information content (AvgIpc) is 3.17. The summed E-state index contributed by atoms with van der Waals surface area (Å²) >= 11 is 0. The van der Waals surface area contributed by atoms with E-state index in [0.717, 1.165) is 31.7 Å². The van der Waals surface area contributed by atoms with E-state index >= 15 is 0 Å². The fourth-order valence-corrected chi connectivity index (χ4v) is 5.33. The number of likely N-dealkylation sites (N-methyl/N-ethyl adjacent to an activating group) is 1. The summed E-state index contributed by atoms with van der Waals surface area (Å²) in [7, 11) is -3.52. The molecular formula is C21H25N3O3S. The van der Waals surface area contributed by atoms with Crippen LogP contribution in [-0.4, -0.2) is 62.8 Å². The number of hydrogen-bond donors (Lipinski definition) is 0. The summed E-state index contributed by atoms with van der Waals surface area (Å²) < 4.78 is 27.3. The zero-order valence-electron chi connectivity index (χ0n) is 16.0. The zero-order valence-corrected chi connectivity index (χ0v) is 16.9. The van der Waals surface area contributed by atoms with E-state index in [2.05, 4.69) is 11.8 Å². The number of rotatable bonds is 4. The molecule has 2 aliphatic rings. The average molecular weight is 400 g/mol. The van der Waals surface area contributed by atoms with Gasteiger partial charge in [0.05, 0.1) is 4.90 Å². The molecular weight excluding hydrogens is 374 g/mol. The Morgan fingerprint density at radius 2 is 1.61 bits per heavy atom. The van der Waals surface area contributed by atoms with Crippen LogP contribution in [0.1, 0.15) is 22.8 Å². The minimum Gasteiger partial charge on any atom is -0.308 e. The zero-order chi connectivity index (χ0) is 19.7. The molecule has 0 radical (unpaired) electrons. The molecule has 2 aliphatic heterocycles. The maximum atomic E-state index is 12.9. The van der Waals surface area contributed by atoms with Gasteiger partial charge in [-0.05, 0) is 48.9 Å². The third-order valence-electron chi connectivity index (χ3n) is 5.65. The minimum absolute atomic E-state index is 0.0922. The predicted molar refractivity (Wildman–Crippen MR) is 109 cm³/mol. The lowest BCUT2D eigenvalue weighted by atomic mass is 10.1. The van der Waals surface area contributed by atoms with Crippen molar-refractivity contribution in [2.75, 3.05) is 44.2 Å². The van der Waals surface area contributed by atoms with Crippen molar-refractivity contribution < 1.29 is 13.2 Å². The standard InChI is InChI=1S/C21H25N3O3S/c1-2-22-13-15-23(16-14-22)28(26,27)19-9-7-18(8-10-19)21(25)24-12-11-17-5-3-4-6-20(17)24/h3-10H,2,11-16H2,1H3. The molecule has 7 heteroatoms. The monoisotopic (exact) mass is 399 g/mol. The number of anilines is 1. The van der Waals surface area contributed by atoms with Crippen molar-refractivity contribution >= 4 is 21.6 Å². The summed E-state index contributed by atoms with van der Waals surface area (Å²) in [5.74, 6) is -0.0922. The first kappa shape index (κ1) is 19.1. The van der Waals surface area contributed by atoms with Gasteiger partial charge in [0.2, 0.25) is 10.0 Å². The number of benzene rings is 2. The number of hydrogen-bond acceptors (Lipinski definition) is 4. The molecule has 0 N–H and O–H groups in total. The Labute approximate surface area is 166 Å². The Hall–Kier alpha value is -2.22. The van der Waals surface area contributed by atoms with E-state index in [1.807, 2.05) is 24.3 Å². The summed E-state index contributed by atoms with van der Waals surface area (Å²) in [6.45, 7) is 6.17. The van der Waals surface area contributed by atoms with Gasteiger partial charge in [0.25, 0.3) is 5.91 Å². The molecule has 0 bridgehead atoms. The third-order valence-corrected chi connectivity index (χ3v) is 7.56. The third kappa shape index (κ3) is 3.45. The highest BCUT2D eigenvalue weighted by atomic mass is 32.2. The SMILES string of the molecule is CCN1CCN(S(=O)(=O)c2ccc(C(=O)N3CCc4ccccc43)cc2)CC1. The van der Waals surface area contributed by atoms with Crippen LogP contribution in [0.15, 0.2) is 53.4 Å². The van der Waals surface area contributed by atoms with E-state index in [1.54, 1.807) is 29.2 Å². The van der Waals surface area contributed by atoms with E-state index in [-0.39, 0.29) is 10.8 Å². The normalized spacial score (nSPS) is 18.2. The first-order chi connectivity index (χ1) is 13.5. The van der Waals surface area contributed by atoms with E-state index in [1.165, 1.54) is 9.87 Å². The lowest BCUT2D eigenvalue weighted by molar-refractivity contribution is 0.0989.